The monoisotopic (exact) mass is 306 g/mol. The average Bonchev–Trinajstić information content (AvgIpc) is 2.42. The number of alkyl halides is 1. The summed E-state index contributed by atoms with van der Waals surface area (Å²) in [5.74, 6) is 0.758. The van der Waals surface area contributed by atoms with Gasteiger partial charge in [-0.2, -0.15) is 0 Å². The van der Waals surface area contributed by atoms with Crippen molar-refractivity contribution in [1.82, 2.24) is 0 Å². The van der Waals surface area contributed by atoms with E-state index in [4.69, 9.17) is 4.74 Å². The fourth-order valence-corrected chi connectivity index (χ4v) is 3.15. The lowest BCUT2D eigenvalue weighted by molar-refractivity contribution is -0.143. The van der Waals surface area contributed by atoms with Crippen LogP contribution in [0.3, 0.4) is 0 Å². The van der Waals surface area contributed by atoms with Gasteiger partial charge in [0.1, 0.15) is 11.4 Å². The van der Waals surface area contributed by atoms with Gasteiger partial charge in [0.05, 0.1) is 6.61 Å². The number of hydrogen-bond acceptors (Lipinski definition) is 3. The third-order valence-electron chi connectivity index (χ3n) is 3.14. The van der Waals surface area contributed by atoms with E-state index >= 15 is 0 Å². The second-order valence-corrected chi connectivity index (χ2v) is 6.51. The first-order valence-electron chi connectivity index (χ1n) is 8.07. The van der Waals surface area contributed by atoms with Crippen LogP contribution < -0.4 is 0 Å². The predicted molar refractivity (Wildman–Crippen MR) is 86.1 cm³/mol. The molecule has 2 nitrogen and oxygen atoms in total. The van der Waals surface area contributed by atoms with Gasteiger partial charge in [0.25, 0.3) is 0 Å². The minimum Gasteiger partial charge on any atom is -0.465 e. The number of esters is 1. The van der Waals surface area contributed by atoms with Crippen LogP contribution >= 0.6 is 11.8 Å². The maximum atomic E-state index is 13.3. The van der Waals surface area contributed by atoms with Crippen molar-refractivity contribution in [2.75, 3.05) is 12.4 Å². The van der Waals surface area contributed by atoms with E-state index in [1.54, 1.807) is 11.8 Å². The molecule has 0 amide bonds. The Kier molecular flexibility index (Phi) is 13.5. The first kappa shape index (κ1) is 19.8. The summed E-state index contributed by atoms with van der Waals surface area (Å²) < 4.78 is 18.6. The van der Waals surface area contributed by atoms with Gasteiger partial charge in [0, 0.05) is 0 Å². The fourth-order valence-electron chi connectivity index (χ4n) is 1.93. The normalized spacial score (nSPS) is 14.0. The molecule has 0 fully saturated rings. The van der Waals surface area contributed by atoms with Crippen molar-refractivity contribution in [1.29, 1.82) is 0 Å². The minimum absolute atomic E-state index is 0.0684. The molecule has 0 aromatic rings. The molecule has 0 aliphatic heterocycles. The molecule has 2 unspecified atom stereocenters. The van der Waals surface area contributed by atoms with Gasteiger partial charge in [-0.15, -0.1) is 11.8 Å². The van der Waals surface area contributed by atoms with Gasteiger partial charge in [-0.1, -0.05) is 40.0 Å². The average molecular weight is 306 g/mol. The molecule has 0 saturated heterocycles. The van der Waals surface area contributed by atoms with Crippen LogP contribution in [0.5, 0.6) is 0 Å². The Bertz CT molecular complexity index is 237. The number of unbranched alkanes of at least 4 members (excludes halogenated alkanes) is 1. The molecular weight excluding hydrogens is 275 g/mol. The molecular formula is C16H31FO2S. The highest BCUT2D eigenvalue weighted by molar-refractivity contribution is 8.00. The predicted octanol–water partition coefficient (Wildman–Crippen LogP) is 5.15. The molecule has 0 rings (SSSR count). The topological polar surface area (TPSA) is 26.3 Å². The van der Waals surface area contributed by atoms with Crippen molar-refractivity contribution < 1.29 is 13.9 Å². The molecule has 0 saturated carbocycles. The molecule has 120 valence electrons. The summed E-state index contributed by atoms with van der Waals surface area (Å²) in [5, 5.41) is -0.0684. The Hall–Kier alpha value is -0.250. The number of hydrogen-bond donors (Lipinski definition) is 0. The smallest absolute Gasteiger partial charge is 0.319 e. The molecule has 0 N–H and O–H groups in total. The SMILES string of the molecule is CCCCOC(=O)C(CCC)SCCCC(F)CCC. The van der Waals surface area contributed by atoms with E-state index in [1.807, 2.05) is 6.92 Å². The van der Waals surface area contributed by atoms with E-state index in [-0.39, 0.29) is 11.2 Å². The van der Waals surface area contributed by atoms with Crippen LogP contribution in [0.15, 0.2) is 0 Å². The Morgan fingerprint density at radius 1 is 1.05 bits per heavy atom. The Balaban J connectivity index is 3.86. The number of rotatable bonds is 13. The van der Waals surface area contributed by atoms with Crippen molar-refractivity contribution in [3.05, 3.63) is 0 Å². The van der Waals surface area contributed by atoms with Crippen molar-refractivity contribution >= 4 is 17.7 Å². The fraction of sp³-hybridized carbons (Fsp3) is 0.938. The third kappa shape index (κ3) is 10.5. The number of halogens is 1. The molecule has 0 bridgehead atoms. The lowest BCUT2D eigenvalue weighted by Crippen LogP contribution is -2.21. The zero-order valence-electron chi connectivity index (χ0n) is 13.3. The van der Waals surface area contributed by atoms with Gasteiger partial charge < -0.3 is 4.74 Å². The molecule has 2 atom stereocenters. The van der Waals surface area contributed by atoms with Gasteiger partial charge in [0.15, 0.2) is 0 Å². The van der Waals surface area contributed by atoms with Crippen molar-refractivity contribution in [3.8, 4) is 0 Å². The molecule has 0 aromatic carbocycles. The van der Waals surface area contributed by atoms with Crippen LogP contribution in [0.4, 0.5) is 4.39 Å². The van der Waals surface area contributed by atoms with E-state index in [9.17, 15) is 9.18 Å². The Morgan fingerprint density at radius 2 is 1.75 bits per heavy atom. The van der Waals surface area contributed by atoms with E-state index < -0.39 is 6.17 Å². The first-order chi connectivity index (χ1) is 9.65. The summed E-state index contributed by atoms with van der Waals surface area (Å²) in [5.41, 5.74) is 0. The van der Waals surface area contributed by atoms with Gasteiger partial charge >= 0.3 is 5.97 Å². The quantitative estimate of drug-likeness (QED) is 0.348. The summed E-state index contributed by atoms with van der Waals surface area (Å²) in [7, 11) is 0. The van der Waals surface area contributed by atoms with E-state index in [2.05, 4.69) is 13.8 Å². The largest absolute Gasteiger partial charge is 0.465 e. The second-order valence-electron chi connectivity index (χ2n) is 5.20. The van der Waals surface area contributed by atoms with Crippen LogP contribution in [0, 0.1) is 0 Å². The molecule has 0 aromatic heterocycles. The lowest BCUT2D eigenvalue weighted by atomic mass is 10.1. The number of carbonyl (C=O) groups excluding carboxylic acids is 1. The third-order valence-corrected chi connectivity index (χ3v) is 4.49. The summed E-state index contributed by atoms with van der Waals surface area (Å²) in [6.45, 7) is 6.69. The molecule has 0 aliphatic rings. The van der Waals surface area contributed by atoms with Gasteiger partial charge in [0.2, 0.25) is 0 Å². The summed E-state index contributed by atoms with van der Waals surface area (Å²) in [6, 6.07) is 0. The molecule has 4 heteroatoms. The number of carbonyl (C=O) groups is 1. The molecule has 0 radical (unpaired) electrons. The molecule has 0 aliphatic carbocycles. The van der Waals surface area contributed by atoms with Crippen LogP contribution in [-0.2, 0) is 9.53 Å². The maximum absolute atomic E-state index is 13.3. The summed E-state index contributed by atoms with van der Waals surface area (Å²) in [4.78, 5) is 11.9. The van der Waals surface area contributed by atoms with E-state index in [0.29, 0.717) is 19.4 Å². The molecule has 0 spiro atoms. The van der Waals surface area contributed by atoms with Crippen LogP contribution in [0.2, 0.25) is 0 Å². The zero-order chi connectivity index (χ0) is 15.2. The van der Waals surface area contributed by atoms with Crippen LogP contribution in [0.1, 0.15) is 72.1 Å². The van der Waals surface area contributed by atoms with Crippen molar-refractivity contribution in [2.45, 2.75) is 83.6 Å². The van der Waals surface area contributed by atoms with Crippen LogP contribution in [0.25, 0.3) is 0 Å². The highest BCUT2D eigenvalue weighted by atomic mass is 32.2. The maximum Gasteiger partial charge on any atom is 0.319 e. The minimum atomic E-state index is -0.679. The Labute approximate surface area is 128 Å². The van der Waals surface area contributed by atoms with Crippen LogP contribution in [-0.4, -0.2) is 29.8 Å². The van der Waals surface area contributed by atoms with Gasteiger partial charge in [-0.25, -0.2) is 4.39 Å². The van der Waals surface area contributed by atoms with Crippen molar-refractivity contribution in [3.63, 3.8) is 0 Å². The highest BCUT2D eigenvalue weighted by Gasteiger charge is 2.19. The second kappa shape index (κ2) is 13.7. The Morgan fingerprint density at radius 3 is 2.35 bits per heavy atom. The molecule has 20 heavy (non-hydrogen) atoms. The molecule has 0 heterocycles. The van der Waals surface area contributed by atoms with Gasteiger partial charge in [-0.05, 0) is 37.9 Å². The lowest BCUT2D eigenvalue weighted by Gasteiger charge is -2.15. The standard InChI is InChI=1S/C16H31FO2S/c1-4-7-12-19-16(18)15(10-6-3)20-13-8-11-14(17)9-5-2/h14-15H,4-13H2,1-3H3. The van der Waals surface area contributed by atoms with Crippen molar-refractivity contribution in [2.24, 2.45) is 0 Å². The summed E-state index contributed by atoms with van der Waals surface area (Å²) >= 11 is 1.63. The summed E-state index contributed by atoms with van der Waals surface area (Å²) in [6.07, 6.45) is 6.12. The van der Waals surface area contributed by atoms with E-state index in [1.165, 1.54) is 0 Å². The first-order valence-corrected chi connectivity index (χ1v) is 9.12. The number of ether oxygens (including phenoxy) is 1. The highest BCUT2D eigenvalue weighted by Crippen LogP contribution is 2.21. The number of thioether (sulfide) groups is 1. The zero-order valence-corrected chi connectivity index (χ0v) is 14.1. The van der Waals surface area contributed by atoms with E-state index in [0.717, 1.165) is 44.3 Å². The van der Waals surface area contributed by atoms with Gasteiger partial charge in [-0.3, -0.25) is 4.79 Å².